The Bertz CT molecular complexity index is 722. The fourth-order valence-corrected chi connectivity index (χ4v) is 4.02. The summed E-state index contributed by atoms with van der Waals surface area (Å²) in [6.45, 7) is 16.3. The fourth-order valence-electron chi connectivity index (χ4n) is 4.02. The maximum atomic E-state index is 11.8. The fraction of sp³-hybridized carbons (Fsp3) is 0.462. The van der Waals surface area contributed by atoms with Crippen molar-refractivity contribution in [2.24, 2.45) is 10.8 Å². The second-order valence-electron chi connectivity index (χ2n) is 8.83. The number of hydrogen-bond donors (Lipinski definition) is 0. The van der Waals surface area contributed by atoms with Gasteiger partial charge in [0.15, 0.2) is 11.6 Å². The van der Waals surface area contributed by atoms with Gasteiger partial charge in [-0.3, -0.25) is 9.59 Å². The summed E-state index contributed by atoms with van der Waals surface area (Å²) in [6, 6.07) is 0. The molecule has 2 aliphatic rings. The van der Waals surface area contributed by atoms with Crippen molar-refractivity contribution >= 4 is 11.6 Å². The summed E-state index contributed by atoms with van der Waals surface area (Å²) in [5.74, 6) is 0.304. The SMILES string of the molecule is C/C=C/C(=O)C1=C(C)C=CCC1(C)C.C/C=C/C(=O)C1=C(C)C=CCC1(C)C. The average molecular weight is 381 g/mol. The lowest BCUT2D eigenvalue weighted by Crippen LogP contribution is -2.23. The third-order valence-electron chi connectivity index (χ3n) is 5.26. The zero-order valence-corrected chi connectivity index (χ0v) is 18.8. The van der Waals surface area contributed by atoms with Gasteiger partial charge in [-0.05, 0) is 74.7 Å². The first-order chi connectivity index (χ1) is 13.0. The molecule has 2 rings (SSSR count). The van der Waals surface area contributed by atoms with Crippen molar-refractivity contribution in [1.29, 1.82) is 0 Å². The summed E-state index contributed by atoms with van der Waals surface area (Å²) in [5, 5.41) is 0. The van der Waals surface area contributed by atoms with E-state index in [2.05, 4.69) is 39.8 Å². The summed E-state index contributed by atoms with van der Waals surface area (Å²) in [7, 11) is 0. The normalized spacial score (nSPS) is 20.6. The Morgan fingerprint density at radius 1 is 0.750 bits per heavy atom. The molecule has 152 valence electrons. The van der Waals surface area contributed by atoms with Crippen LogP contribution in [0.1, 0.15) is 68.2 Å². The van der Waals surface area contributed by atoms with Crippen molar-refractivity contribution in [1.82, 2.24) is 0 Å². The lowest BCUT2D eigenvalue weighted by molar-refractivity contribution is -0.113. The van der Waals surface area contributed by atoms with Gasteiger partial charge in [0, 0.05) is 11.1 Å². The number of allylic oxidation sites excluding steroid dienone is 12. The van der Waals surface area contributed by atoms with Gasteiger partial charge >= 0.3 is 0 Å². The molecular weight excluding hydrogens is 344 g/mol. The molecule has 0 amide bonds. The van der Waals surface area contributed by atoms with Crippen LogP contribution in [0.25, 0.3) is 0 Å². The van der Waals surface area contributed by atoms with Crippen LogP contribution < -0.4 is 0 Å². The molecule has 0 unspecified atom stereocenters. The summed E-state index contributed by atoms with van der Waals surface area (Å²) in [4.78, 5) is 23.7. The predicted octanol–water partition coefficient (Wildman–Crippen LogP) is 6.87. The first-order valence-corrected chi connectivity index (χ1v) is 10.1. The lowest BCUT2D eigenvalue weighted by Gasteiger charge is -2.29. The van der Waals surface area contributed by atoms with Gasteiger partial charge in [0.2, 0.25) is 0 Å². The minimum Gasteiger partial charge on any atom is -0.290 e. The van der Waals surface area contributed by atoms with Crippen molar-refractivity contribution in [2.75, 3.05) is 0 Å². The largest absolute Gasteiger partial charge is 0.290 e. The van der Waals surface area contributed by atoms with E-state index >= 15 is 0 Å². The van der Waals surface area contributed by atoms with Crippen LogP contribution in [-0.2, 0) is 9.59 Å². The lowest BCUT2D eigenvalue weighted by atomic mass is 9.74. The molecule has 0 aromatic heterocycles. The van der Waals surface area contributed by atoms with Crippen molar-refractivity contribution in [2.45, 2.75) is 68.2 Å². The molecule has 0 heterocycles. The third-order valence-corrected chi connectivity index (χ3v) is 5.26. The Balaban J connectivity index is 0.000000280. The van der Waals surface area contributed by atoms with E-state index in [1.165, 1.54) is 0 Å². The van der Waals surface area contributed by atoms with Crippen molar-refractivity contribution in [3.8, 4) is 0 Å². The monoisotopic (exact) mass is 380 g/mol. The molecular formula is C26H36O2. The van der Waals surface area contributed by atoms with E-state index in [0.29, 0.717) is 0 Å². The molecule has 2 heteroatoms. The highest BCUT2D eigenvalue weighted by molar-refractivity contribution is 6.06. The second-order valence-corrected chi connectivity index (χ2v) is 8.83. The smallest absolute Gasteiger partial charge is 0.182 e. The predicted molar refractivity (Wildman–Crippen MR) is 120 cm³/mol. The van der Waals surface area contributed by atoms with Crippen LogP contribution in [0.4, 0.5) is 0 Å². The molecule has 2 nitrogen and oxygen atoms in total. The zero-order chi connectivity index (χ0) is 21.5. The van der Waals surface area contributed by atoms with Gasteiger partial charge in [-0.25, -0.2) is 0 Å². The molecule has 0 spiro atoms. The van der Waals surface area contributed by atoms with E-state index in [9.17, 15) is 9.59 Å². The number of carbonyl (C=O) groups is 2. The van der Waals surface area contributed by atoms with Gasteiger partial charge in [-0.2, -0.15) is 0 Å². The van der Waals surface area contributed by atoms with Crippen molar-refractivity contribution in [3.05, 3.63) is 70.9 Å². The van der Waals surface area contributed by atoms with Gasteiger partial charge in [0.1, 0.15) is 0 Å². The molecule has 0 fully saturated rings. The van der Waals surface area contributed by atoms with Crippen molar-refractivity contribution < 1.29 is 9.59 Å². The molecule has 2 aliphatic carbocycles. The number of hydrogen-bond acceptors (Lipinski definition) is 2. The minimum absolute atomic E-state index is 0.0184. The molecule has 0 aliphatic heterocycles. The van der Waals surface area contributed by atoms with Crippen molar-refractivity contribution in [3.63, 3.8) is 0 Å². The van der Waals surface area contributed by atoms with Crippen LogP contribution in [0, 0.1) is 10.8 Å². The van der Waals surface area contributed by atoms with Crippen LogP contribution in [0.15, 0.2) is 70.9 Å². The highest BCUT2D eigenvalue weighted by atomic mass is 16.1. The molecule has 0 atom stereocenters. The Morgan fingerprint density at radius 3 is 1.32 bits per heavy atom. The van der Waals surface area contributed by atoms with E-state index in [0.717, 1.165) is 35.1 Å². The molecule has 28 heavy (non-hydrogen) atoms. The third kappa shape index (κ3) is 5.89. The van der Waals surface area contributed by atoms with Crippen LogP contribution in [0.5, 0.6) is 0 Å². The standard InChI is InChI=1S/2C13H18O/c2*1-5-7-11(14)12-10(2)8-6-9-13(12,3)4/h2*5-8H,9H2,1-4H3/b2*7-5+. The summed E-state index contributed by atoms with van der Waals surface area (Å²) in [6.07, 6.45) is 17.2. The van der Waals surface area contributed by atoms with E-state index in [-0.39, 0.29) is 22.4 Å². The van der Waals surface area contributed by atoms with E-state index < -0.39 is 0 Å². The molecule has 0 N–H and O–H groups in total. The van der Waals surface area contributed by atoms with Gasteiger partial charge in [0.05, 0.1) is 0 Å². The van der Waals surface area contributed by atoms with Gasteiger partial charge in [-0.15, -0.1) is 0 Å². The number of ketones is 2. The maximum absolute atomic E-state index is 11.8. The van der Waals surface area contributed by atoms with Crippen LogP contribution in [-0.4, -0.2) is 11.6 Å². The van der Waals surface area contributed by atoms with Crippen LogP contribution in [0.3, 0.4) is 0 Å². The summed E-state index contributed by atoms with van der Waals surface area (Å²) < 4.78 is 0. The van der Waals surface area contributed by atoms with Crippen LogP contribution in [0.2, 0.25) is 0 Å². The highest BCUT2D eigenvalue weighted by Gasteiger charge is 2.30. The molecule has 0 saturated heterocycles. The van der Waals surface area contributed by atoms with E-state index in [1.54, 1.807) is 24.3 Å². The molecule has 0 saturated carbocycles. The average Bonchev–Trinajstić information content (AvgIpc) is 2.54. The minimum atomic E-state index is -0.0184. The highest BCUT2D eigenvalue weighted by Crippen LogP contribution is 2.38. The first kappa shape index (κ1) is 23.8. The summed E-state index contributed by atoms with van der Waals surface area (Å²) >= 11 is 0. The Labute approximate surface area is 171 Å². The van der Waals surface area contributed by atoms with Gasteiger partial charge in [-0.1, -0.05) is 64.2 Å². The second kappa shape index (κ2) is 9.82. The molecule has 0 radical (unpaired) electrons. The molecule has 0 aromatic rings. The van der Waals surface area contributed by atoms with Crippen LogP contribution >= 0.6 is 0 Å². The zero-order valence-electron chi connectivity index (χ0n) is 18.8. The summed E-state index contributed by atoms with van der Waals surface area (Å²) in [5.41, 5.74) is 4.08. The van der Waals surface area contributed by atoms with E-state index in [1.807, 2.05) is 39.8 Å². The molecule has 0 bridgehead atoms. The first-order valence-electron chi connectivity index (χ1n) is 10.1. The number of carbonyl (C=O) groups excluding carboxylic acids is 2. The Hall–Kier alpha value is -2.22. The van der Waals surface area contributed by atoms with Gasteiger partial charge in [0.25, 0.3) is 0 Å². The number of rotatable bonds is 4. The molecule has 0 aromatic carbocycles. The topological polar surface area (TPSA) is 34.1 Å². The Kier molecular flexibility index (Phi) is 8.35. The Morgan fingerprint density at radius 2 is 1.07 bits per heavy atom. The quantitative estimate of drug-likeness (QED) is 0.499. The van der Waals surface area contributed by atoms with E-state index in [4.69, 9.17) is 0 Å². The maximum Gasteiger partial charge on any atom is 0.182 e. The van der Waals surface area contributed by atoms with Gasteiger partial charge < -0.3 is 0 Å².